The average molecular weight is 989 g/mol. The van der Waals surface area contributed by atoms with E-state index in [4.69, 9.17) is 31.9 Å². The second kappa shape index (κ2) is 55.7. The average Bonchev–Trinajstić information content (AvgIpc) is 3.31. The van der Waals surface area contributed by atoms with Gasteiger partial charge in [-0.25, -0.2) is 0 Å². The molecular formula is C42H44Fe2N12O2S4+2. The third kappa shape index (κ3) is 44.3. The molecule has 0 aliphatic heterocycles. The normalized spacial score (nSPS) is 8.00. The van der Waals surface area contributed by atoms with E-state index in [2.05, 4.69) is 102 Å². The Hall–Kier alpha value is -5.28. The molecular weight excluding hydrogens is 945 g/mol. The topological polar surface area (TPSA) is 231 Å². The van der Waals surface area contributed by atoms with E-state index in [1.54, 1.807) is 49.6 Å². The van der Waals surface area contributed by atoms with Gasteiger partial charge >= 0.3 is 34.1 Å². The third-order valence-corrected chi connectivity index (χ3v) is 6.01. The first-order valence-corrected chi connectivity index (χ1v) is 18.6. The number of hydrogen-bond donors (Lipinski definition) is 4. The van der Waals surface area contributed by atoms with E-state index in [9.17, 15) is 0 Å². The molecule has 6 heterocycles. The van der Waals surface area contributed by atoms with Gasteiger partial charge in [-0.1, -0.05) is 85.3 Å². The zero-order chi connectivity index (χ0) is 45.2. The molecule has 0 aliphatic rings. The van der Waals surface area contributed by atoms with Crippen molar-refractivity contribution in [1.29, 1.82) is 0 Å². The summed E-state index contributed by atoms with van der Waals surface area (Å²) in [5, 5.41) is 54.5. The van der Waals surface area contributed by atoms with Crippen molar-refractivity contribution in [2.45, 2.75) is 26.2 Å². The van der Waals surface area contributed by atoms with Crippen LogP contribution < -0.4 is 10.6 Å². The van der Waals surface area contributed by atoms with Crippen LogP contribution in [0.3, 0.4) is 0 Å². The number of hydrogen-bond acceptors (Lipinski definition) is 14. The second-order valence-electron chi connectivity index (χ2n) is 9.75. The summed E-state index contributed by atoms with van der Waals surface area (Å²) in [6.07, 6.45) is 18.5. The number of aliphatic hydroxyl groups is 2. The number of pyridine rings is 6. The Morgan fingerprint density at radius 3 is 0.806 bits per heavy atom. The van der Waals surface area contributed by atoms with Gasteiger partial charge in [0.1, 0.15) is 0 Å². The molecule has 0 bridgehead atoms. The van der Waals surface area contributed by atoms with Gasteiger partial charge < -0.3 is 42.5 Å². The van der Waals surface area contributed by atoms with Gasteiger partial charge in [-0.3, -0.25) is 29.9 Å². The maximum absolute atomic E-state index is 7.13. The molecule has 6 aromatic heterocycles. The molecule has 0 unspecified atom stereocenters. The molecule has 0 saturated heterocycles. The van der Waals surface area contributed by atoms with Gasteiger partial charge in [0, 0.05) is 90.0 Å². The smallest absolute Gasteiger partial charge is 0.753 e. The molecule has 20 heteroatoms. The number of aliphatic hydroxyl groups excluding tert-OH is 2. The fraction of sp³-hybridized carbons (Fsp3) is 0.143. The minimum Gasteiger partial charge on any atom is -0.753 e. The van der Waals surface area contributed by atoms with E-state index in [1.807, 2.05) is 97.1 Å². The van der Waals surface area contributed by atoms with Crippen LogP contribution in [-0.4, -0.2) is 75.0 Å². The van der Waals surface area contributed by atoms with E-state index in [0.717, 1.165) is 74.3 Å². The van der Waals surface area contributed by atoms with Gasteiger partial charge in [-0.05, 0) is 83.9 Å². The van der Waals surface area contributed by atoms with Gasteiger partial charge in [0.15, 0.2) is 0 Å². The first-order valence-electron chi connectivity index (χ1n) is 16.9. The molecule has 4 N–H and O–H groups in total. The summed E-state index contributed by atoms with van der Waals surface area (Å²) < 4.78 is 0. The standard InChI is InChI=1S/2C12H13N3.C12H10N2.4CNS.2CH4O.2Fe/c2*1-3-7-14-11(5-1)9-13-10-12-6-2-4-8-15-12;1(11-3-7-13-8-4-11)2-12-5-9-14-10-6-12;4*2-1-3;2*1-2;;/h2*1-8,13H,9-10H2;1-10H;;;;;2*2H,1H3;;/q;;;4*-1;;;2*+3/b;;2-1+;;;;;;;;. The van der Waals surface area contributed by atoms with Crippen molar-refractivity contribution < 1.29 is 44.4 Å². The van der Waals surface area contributed by atoms with Crippen LogP contribution >= 0.6 is 48.9 Å². The molecule has 0 atom stereocenters. The summed E-state index contributed by atoms with van der Waals surface area (Å²) in [4.78, 5) is 24.8. The Morgan fingerprint density at radius 1 is 0.419 bits per heavy atom. The van der Waals surface area contributed by atoms with Gasteiger partial charge in [-0.2, -0.15) is 20.6 Å². The molecule has 0 fully saturated rings. The zero-order valence-electron chi connectivity index (χ0n) is 33.5. The Kier molecular flexibility index (Phi) is 59.2. The first kappa shape index (κ1) is 65.8. The van der Waals surface area contributed by atoms with E-state index in [1.165, 1.54) is 20.6 Å². The molecule has 0 aromatic carbocycles. The van der Waals surface area contributed by atoms with Crippen LogP contribution in [0.25, 0.3) is 33.8 Å². The maximum Gasteiger partial charge on any atom is 3.00 e. The number of thiocarbonyl (C=S) groups is 4. The number of isothiocyanates is 4. The molecule has 322 valence electrons. The van der Waals surface area contributed by atoms with E-state index >= 15 is 0 Å². The quantitative estimate of drug-likeness (QED) is 0.0579. The van der Waals surface area contributed by atoms with Gasteiger partial charge in [-0.15, -0.1) is 0 Å². The summed E-state index contributed by atoms with van der Waals surface area (Å²) in [6, 6.07) is 31.5. The van der Waals surface area contributed by atoms with Crippen molar-refractivity contribution in [3.05, 3.63) is 202 Å². The van der Waals surface area contributed by atoms with Gasteiger partial charge in [0.05, 0.1) is 22.8 Å². The van der Waals surface area contributed by atoms with E-state index < -0.39 is 0 Å². The van der Waals surface area contributed by atoms with Crippen molar-refractivity contribution in [1.82, 2.24) is 40.5 Å². The first-order chi connectivity index (χ1) is 29.5. The van der Waals surface area contributed by atoms with Crippen molar-refractivity contribution in [2.24, 2.45) is 0 Å². The molecule has 0 aliphatic carbocycles. The minimum atomic E-state index is 0. The van der Waals surface area contributed by atoms with Crippen molar-refractivity contribution in [2.75, 3.05) is 14.2 Å². The third-order valence-electron chi connectivity index (χ3n) is 6.01. The number of nitrogens with zero attached hydrogens (tertiary/aromatic N) is 10. The Bertz CT molecular complexity index is 1750. The van der Waals surface area contributed by atoms with Crippen molar-refractivity contribution >= 4 is 81.7 Å². The van der Waals surface area contributed by atoms with E-state index in [0.29, 0.717) is 0 Å². The van der Waals surface area contributed by atoms with Crippen molar-refractivity contribution in [3.63, 3.8) is 0 Å². The van der Waals surface area contributed by atoms with Crippen LogP contribution in [0.4, 0.5) is 0 Å². The summed E-state index contributed by atoms with van der Waals surface area (Å²) in [5.41, 5.74) is 6.50. The summed E-state index contributed by atoms with van der Waals surface area (Å²) >= 11 is 14.8. The van der Waals surface area contributed by atoms with Crippen LogP contribution in [0, 0.1) is 0 Å². The maximum atomic E-state index is 7.13. The predicted octanol–water partition coefficient (Wildman–Crippen LogP) is 8.03. The summed E-state index contributed by atoms with van der Waals surface area (Å²) in [5.74, 6) is 0. The number of nitrogens with one attached hydrogen (secondary N) is 2. The molecule has 14 nitrogen and oxygen atoms in total. The largest absolute Gasteiger partial charge is 3.00 e. The van der Waals surface area contributed by atoms with Crippen LogP contribution in [-0.2, 0) is 60.3 Å². The summed E-state index contributed by atoms with van der Waals surface area (Å²) in [6.45, 7) is 3.10. The van der Waals surface area contributed by atoms with Crippen LogP contribution in [0.2, 0.25) is 0 Å². The number of aromatic nitrogens is 6. The molecule has 0 saturated carbocycles. The number of rotatable bonds is 10. The minimum absolute atomic E-state index is 0. The Morgan fingerprint density at radius 2 is 0.629 bits per heavy atom. The van der Waals surface area contributed by atoms with Crippen LogP contribution in [0.5, 0.6) is 0 Å². The predicted molar refractivity (Wildman–Crippen MR) is 256 cm³/mol. The molecule has 0 amide bonds. The van der Waals surface area contributed by atoms with Crippen LogP contribution in [0.15, 0.2) is 147 Å². The fourth-order valence-electron chi connectivity index (χ4n) is 3.79. The molecule has 6 rings (SSSR count). The molecule has 62 heavy (non-hydrogen) atoms. The van der Waals surface area contributed by atoms with Crippen LogP contribution in [0.1, 0.15) is 33.9 Å². The summed E-state index contributed by atoms with van der Waals surface area (Å²) in [7, 11) is 2.00. The van der Waals surface area contributed by atoms with Crippen molar-refractivity contribution in [3.8, 4) is 0 Å². The molecule has 2 radical (unpaired) electrons. The van der Waals surface area contributed by atoms with Gasteiger partial charge in [0.2, 0.25) is 0 Å². The molecule has 0 spiro atoms. The zero-order valence-corrected chi connectivity index (χ0v) is 39.0. The van der Waals surface area contributed by atoms with E-state index in [-0.39, 0.29) is 34.1 Å². The fourth-order valence-corrected chi connectivity index (χ4v) is 3.79. The second-order valence-corrected chi connectivity index (χ2v) is 10.5. The van der Waals surface area contributed by atoms with Gasteiger partial charge in [0.25, 0.3) is 0 Å². The monoisotopic (exact) mass is 988 g/mol. The molecule has 6 aromatic rings. The SMILES string of the molecule is C(=C\c1ccncc1)/c1ccncc1.CO.CO.[Fe+3].[Fe+3].[N-]=C=S.[N-]=C=S.[N-]=C=S.[N-]=C=S.c1ccc(CNCc2ccccn2)nc1.c1ccc(CNCc2ccccn2)nc1. The Labute approximate surface area is 406 Å². The Balaban J connectivity index is -0.000000221.